The molecule has 3 heterocycles. The smallest absolute Gasteiger partial charge is 0.251 e. The molecule has 1 N–H and O–H groups in total. The van der Waals surface area contributed by atoms with Crippen LogP contribution in [0.15, 0.2) is 35.4 Å². The van der Waals surface area contributed by atoms with Gasteiger partial charge in [0.1, 0.15) is 11.9 Å². The number of nitrogens with one attached hydrogen (secondary N) is 1. The van der Waals surface area contributed by atoms with Gasteiger partial charge in [-0.2, -0.15) is 0 Å². The first-order chi connectivity index (χ1) is 11.1. The van der Waals surface area contributed by atoms with Crippen molar-refractivity contribution in [1.29, 1.82) is 0 Å². The number of nitrogens with zero attached hydrogens (tertiary/aromatic N) is 3. The largest absolute Gasteiger partial charge is 0.367 e. The summed E-state index contributed by atoms with van der Waals surface area (Å²) in [5.74, 6) is 0.482. The van der Waals surface area contributed by atoms with E-state index in [4.69, 9.17) is 4.74 Å². The van der Waals surface area contributed by atoms with Crippen LogP contribution in [0.25, 0.3) is 0 Å². The molecule has 0 spiro atoms. The van der Waals surface area contributed by atoms with Crippen molar-refractivity contribution in [2.45, 2.75) is 19.4 Å². The summed E-state index contributed by atoms with van der Waals surface area (Å²) < 4.78 is 5.67. The summed E-state index contributed by atoms with van der Waals surface area (Å²) in [5.41, 5.74) is 1.30. The predicted octanol–water partition coefficient (Wildman–Crippen LogP) is 0.616. The minimum absolute atomic E-state index is 0.0151. The van der Waals surface area contributed by atoms with Crippen molar-refractivity contribution in [3.05, 3.63) is 58.0 Å². The first-order valence-electron chi connectivity index (χ1n) is 7.48. The van der Waals surface area contributed by atoms with Gasteiger partial charge >= 0.3 is 0 Å². The van der Waals surface area contributed by atoms with Crippen molar-refractivity contribution in [3.8, 4) is 0 Å². The van der Waals surface area contributed by atoms with Gasteiger partial charge in [0.2, 0.25) is 5.91 Å². The highest BCUT2D eigenvalue weighted by atomic mass is 16.5. The molecular weight excluding hydrogens is 296 g/mol. The van der Waals surface area contributed by atoms with Crippen LogP contribution in [0.4, 0.5) is 0 Å². The van der Waals surface area contributed by atoms with Crippen LogP contribution in [-0.2, 0) is 16.0 Å². The zero-order valence-electron chi connectivity index (χ0n) is 12.9. The van der Waals surface area contributed by atoms with Crippen molar-refractivity contribution in [1.82, 2.24) is 19.9 Å². The molecule has 1 fully saturated rings. The van der Waals surface area contributed by atoms with Gasteiger partial charge in [-0.15, -0.1) is 0 Å². The number of aryl methyl sites for hydroxylation is 1. The van der Waals surface area contributed by atoms with E-state index in [2.05, 4.69) is 15.0 Å². The summed E-state index contributed by atoms with van der Waals surface area (Å²) in [5, 5.41) is 0. The van der Waals surface area contributed by atoms with Gasteiger partial charge in [-0.25, -0.2) is 4.98 Å². The van der Waals surface area contributed by atoms with Crippen LogP contribution in [0.2, 0.25) is 0 Å². The lowest BCUT2D eigenvalue weighted by Crippen LogP contribution is -2.43. The van der Waals surface area contributed by atoms with E-state index in [1.165, 1.54) is 6.07 Å². The van der Waals surface area contributed by atoms with E-state index in [-0.39, 0.29) is 11.5 Å². The highest BCUT2D eigenvalue weighted by molar-refractivity contribution is 5.78. The van der Waals surface area contributed by atoms with Crippen LogP contribution < -0.4 is 5.56 Å². The maximum atomic E-state index is 12.4. The molecular formula is C16H18N4O3. The number of rotatable bonds is 3. The fourth-order valence-corrected chi connectivity index (χ4v) is 2.59. The number of aromatic amines is 1. The molecule has 2 aromatic heterocycles. The van der Waals surface area contributed by atoms with E-state index in [9.17, 15) is 9.59 Å². The Labute approximate surface area is 133 Å². The number of amides is 1. The van der Waals surface area contributed by atoms with E-state index >= 15 is 0 Å². The van der Waals surface area contributed by atoms with Gasteiger partial charge in [0.05, 0.1) is 19.6 Å². The number of hydrogen-bond acceptors (Lipinski definition) is 5. The highest BCUT2D eigenvalue weighted by Crippen LogP contribution is 2.19. The van der Waals surface area contributed by atoms with Crippen LogP contribution in [0.5, 0.6) is 0 Å². The van der Waals surface area contributed by atoms with Gasteiger partial charge in [-0.1, -0.05) is 6.07 Å². The first-order valence-corrected chi connectivity index (χ1v) is 7.48. The molecule has 23 heavy (non-hydrogen) atoms. The van der Waals surface area contributed by atoms with Crippen LogP contribution in [0.1, 0.15) is 23.2 Å². The minimum Gasteiger partial charge on any atom is -0.367 e. The van der Waals surface area contributed by atoms with Gasteiger partial charge in [0.15, 0.2) is 0 Å². The molecule has 7 nitrogen and oxygen atoms in total. The van der Waals surface area contributed by atoms with Crippen molar-refractivity contribution >= 4 is 5.91 Å². The average Bonchev–Trinajstić information content (AvgIpc) is 2.55. The van der Waals surface area contributed by atoms with Gasteiger partial charge in [-0.3, -0.25) is 14.6 Å². The minimum atomic E-state index is -0.408. The van der Waals surface area contributed by atoms with Crippen LogP contribution in [0, 0.1) is 6.92 Å². The number of ether oxygens (including phenoxy) is 1. The Hall–Kier alpha value is -2.54. The lowest BCUT2D eigenvalue weighted by atomic mass is 10.1. The molecule has 2 aromatic rings. The molecule has 1 atom stereocenters. The second kappa shape index (κ2) is 6.70. The standard InChI is InChI=1S/C16H18N4O3/c1-11-7-14(21)19-16(18-11)13-10-20(5-6-23-13)15(22)8-12-3-2-4-17-9-12/h2-4,7,9,13H,5-6,8,10H2,1H3,(H,18,19,21)/t13-/m1/s1. The van der Waals surface area contributed by atoms with Crippen molar-refractivity contribution in [2.75, 3.05) is 19.7 Å². The Balaban J connectivity index is 1.70. The van der Waals surface area contributed by atoms with E-state index in [1.54, 1.807) is 24.2 Å². The second-order valence-corrected chi connectivity index (χ2v) is 5.51. The average molecular weight is 314 g/mol. The second-order valence-electron chi connectivity index (χ2n) is 5.51. The molecule has 120 valence electrons. The lowest BCUT2D eigenvalue weighted by Gasteiger charge is -2.32. The molecule has 1 amide bonds. The Morgan fingerprint density at radius 3 is 3.13 bits per heavy atom. The topological polar surface area (TPSA) is 88.2 Å². The maximum absolute atomic E-state index is 12.4. The molecule has 0 saturated carbocycles. The fourth-order valence-electron chi connectivity index (χ4n) is 2.59. The van der Waals surface area contributed by atoms with Crippen LogP contribution in [-0.4, -0.2) is 45.5 Å². The third-order valence-corrected chi connectivity index (χ3v) is 3.69. The predicted molar refractivity (Wildman–Crippen MR) is 82.8 cm³/mol. The van der Waals surface area contributed by atoms with Gasteiger partial charge in [0, 0.05) is 30.7 Å². The molecule has 3 rings (SSSR count). The van der Waals surface area contributed by atoms with E-state index in [0.29, 0.717) is 37.6 Å². The van der Waals surface area contributed by atoms with E-state index < -0.39 is 6.10 Å². The molecule has 1 aliphatic heterocycles. The van der Waals surface area contributed by atoms with Gasteiger partial charge in [0.25, 0.3) is 5.56 Å². The Morgan fingerprint density at radius 1 is 1.52 bits per heavy atom. The highest BCUT2D eigenvalue weighted by Gasteiger charge is 2.27. The van der Waals surface area contributed by atoms with Crippen LogP contribution >= 0.6 is 0 Å². The molecule has 0 bridgehead atoms. The summed E-state index contributed by atoms with van der Waals surface area (Å²) in [4.78, 5) is 36.8. The van der Waals surface area contributed by atoms with E-state index in [1.807, 2.05) is 12.1 Å². The molecule has 1 saturated heterocycles. The fraction of sp³-hybridized carbons (Fsp3) is 0.375. The molecule has 7 heteroatoms. The number of hydrogen-bond donors (Lipinski definition) is 1. The number of aromatic nitrogens is 3. The summed E-state index contributed by atoms with van der Waals surface area (Å²) in [6.45, 7) is 3.09. The first kappa shape index (κ1) is 15.4. The molecule has 0 aromatic carbocycles. The quantitative estimate of drug-likeness (QED) is 0.897. The van der Waals surface area contributed by atoms with Crippen molar-refractivity contribution < 1.29 is 9.53 Å². The molecule has 0 unspecified atom stereocenters. The van der Waals surface area contributed by atoms with E-state index in [0.717, 1.165) is 5.56 Å². The van der Waals surface area contributed by atoms with Gasteiger partial charge < -0.3 is 14.6 Å². The third-order valence-electron chi connectivity index (χ3n) is 3.69. The Bertz CT molecular complexity index is 744. The van der Waals surface area contributed by atoms with Crippen molar-refractivity contribution in [3.63, 3.8) is 0 Å². The monoisotopic (exact) mass is 314 g/mol. The summed E-state index contributed by atoms with van der Waals surface area (Å²) in [7, 11) is 0. The number of H-pyrrole nitrogens is 1. The normalized spacial score (nSPS) is 18.0. The number of carbonyl (C=O) groups is 1. The number of morpholine rings is 1. The van der Waals surface area contributed by atoms with Gasteiger partial charge in [-0.05, 0) is 18.6 Å². The lowest BCUT2D eigenvalue weighted by molar-refractivity contribution is -0.138. The molecule has 1 aliphatic rings. The van der Waals surface area contributed by atoms with Crippen LogP contribution in [0.3, 0.4) is 0 Å². The maximum Gasteiger partial charge on any atom is 0.251 e. The molecule has 0 radical (unpaired) electrons. The number of carbonyl (C=O) groups excluding carboxylic acids is 1. The Kier molecular flexibility index (Phi) is 4.47. The summed E-state index contributed by atoms with van der Waals surface area (Å²) in [6.07, 6.45) is 3.26. The number of pyridine rings is 1. The summed E-state index contributed by atoms with van der Waals surface area (Å²) >= 11 is 0. The summed E-state index contributed by atoms with van der Waals surface area (Å²) in [6, 6.07) is 5.12. The zero-order chi connectivity index (χ0) is 16.2. The Morgan fingerprint density at radius 2 is 2.39 bits per heavy atom. The SMILES string of the molecule is Cc1cc(=O)[nH]c([C@H]2CN(C(=O)Cc3cccnc3)CCO2)n1. The third kappa shape index (κ3) is 3.81. The molecule has 0 aliphatic carbocycles. The van der Waals surface area contributed by atoms with Crippen molar-refractivity contribution in [2.24, 2.45) is 0 Å². The zero-order valence-corrected chi connectivity index (χ0v) is 12.9.